The Morgan fingerprint density at radius 2 is 2.05 bits per heavy atom. The number of methoxy groups -OCH3 is 2. The molecule has 44 heavy (non-hydrogen) atoms. The topological polar surface area (TPSA) is 120 Å². The highest BCUT2D eigenvalue weighted by atomic mass is 35.5. The Morgan fingerprint density at radius 3 is 2.77 bits per heavy atom. The number of likely N-dealkylation sites (N-methyl/N-ethyl adjacent to an activating group) is 1. The van der Waals surface area contributed by atoms with Gasteiger partial charge in [-0.25, -0.2) is 4.98 Å². The molecule has 2 aliphatic heterocycles. The number of nitrogens with one attached hydrogen (secondary N) is 1. The third kappa shape index (κ3) is 7.32. The number of likely N-dealkylation sites (tertiary alicyclic amines) is 1. The van der Waals surface area contributed by atoms with E-state index in [2.05, 4.69) is 10.3 Å². The Bertz CT molecular complexity index is 1570. The molecule has 2 atom stereocenters. The summed E-state index contributed by atoms with van der Waals surface area (Å²) in [5.74, 6) is 1.29. The van der Waals surface area contributed by atoms with Crippen molar-refractivity contribution in [1.82, 2.24) is 24.3 Å². The number of halogens is 1. The number of fused-ring (bicyclic) bond motifs is 1. The fourth-order valence-corrected chi connectivity index (χ4v) is 5.63. The first-order chi connectivity index (χ1) is 21.3. The second-order valence-electron chi connectivity index (χ2n) is 11.1. The Kier molecular flexibility index (Phi) is 10.4. The number of carbonyl (C=O) groups is 1. The lowest BCUT2D eigenvalue weighted by Gasteiger charge is -2.18. The molecular formula is C31H39ClN6O6. The van der Waals surface area contributed by atoms with E-state index >= 15 is 0 Å². The van der Waals surface area contributed by atoms with Crippen LogP contribution in [0.5, 0.6) is 11.5 Å². The van der Waals surface area contributed by atoms with E-state index in [0.717, 1.165) is 12.8 Å². The van der Waals surface area contributed by atoms with Gasteiger partial charge in [0.25, 0.3) is 5.56 Å². The van der Waals surface area contributed by atoms with Crippen LogP contribution in [0.1, 0.15) is 12.8 Å². The zero-order chi connectivity index (χ0) is 31.2. The first-order valence-corrected chi connectivity index (χ1v) is 15.0. The minimum absolute atomic E-state index is 0.0251. The summed E-state index contributed by atoms with van der Waals surface area (Å²) in [7, 11) is 6.96. The second kappa shape index (κ2) is 14.4. The SMILES string of the molecule is COc1cc(OC)c(Cl)c(-c2cc3cnc(NC4CCOC4)nc3n(CCOC3CCN(C(=O)/C=C/CN(C)C)C3)c2=O)c1. The lowest BCUT2D eigenvalue weighted by molar-refractivity contribution is -0.125. The molecule has 2 saturated heterocycles. The van der Waals surface area contributed by atoms with Gasteiger partial charge in [-0.3, -0.25) is 14.2 Å². The van der Waals surface area contributed by atoms with Gasteiger partial charge >= 0.3 is 0 Å². The average Bonchev–Trinajstić information content (AvgIpc) is 3.71. The number of ether oxygens (including phenoxy) is 4. The molecule has 1 N–H and O–H groups in total. The van der Waals surface area contributed by atoms with Gasteiger partial charge in [0.15, 0.2) is 0 Å². The molecule has 2 aromatic heterocycles. The number of pyridine rings is 1. The highest BCUT2D eigenvalue weighted by Crippen LogP contribution is 2.38. The molecule has 0 radical (unpaired) electrons. The van der Waals surface area contributed by atoms with E-state index in [-0.39, 0.29) is 36.8 Å². The van der Waals surface area contributed by atoms with Gasteiger partial charge < -0.3 is 34.1 Å². The van der Waals surface area contributed by atoms with Crippen LogP contribution in [-0.4, -0.2) is 110 Å². The van der Waals surface area contributed by atoms with Gasteiger partial charge in [-0.1, -0.05) is 17.7 Å². The van der Waals surface area contributed by atoms with Crippen molar-refractivity contribution in [2.75, 3.05) is 73.1 Å². The first-order valence-electron chi connectivity index (χ1n) is 14.7. The Hall–Kier alpha value is -3.71. The van der Waals surface area contributed by atoms with Crippen molar-refractivity contribution in [2.45, 2.75) is 31.5 Å². The third-order valence-electron chi connectivity index (χ3n) is 7.70. The highest BCUT2D eigenvalue weighted by Gasteiger charge is 2.26. The van der Waals surface area contributed by atoms with Gasteiger partial charge in [-0.15, -0.1) is 0 Å². The Balaban J connectivity index is 1.41. The lowest BCUT2D eigenvalue weighted by atomic mass is 10.0. The number of hydrogen-bond acceptors (Lipinski definition) is 10. The predicted octanol–water partition coefficient (Wildman–Crippen LogP) is 3.07. The van der Waals surface area contributed by atoms with E-state index in [1.807, 2.05) is 25.1 Å². The quantitative estimate of drug-likeness (QED) is 0.300. The largest absolute Gasteiger partial charge is 0.497 e. The maximum atomic E-state index is 14.1. The van der Waals surface area contributed by atoms with Crippen molar-refractivity contribution in [1.29, 1.82) is 0 Å². The standard InChI is InChI=1S/C31H39ClN6O6/c1-36(2)9-5-6-27(39)37-10-7-22(18-37)44-13-11-38-29-20(17-33-31(35-29)34-21-8-12-43-19-21)14-25(30(38)40)24-15-23(41-3)16-26(42-4)28(24)32/h5-6,14-17,21-22H,7-13,18-19H2,1-4H3,(H,33,34,35)/b6-5+. The molecule has 2 unspecified atom stereocenters. The summed E-state index contributed by atoms with van der Waals surface area (Å²) < 4.78 is 24.1. The molecule has 236 valence electrons. The second-order valence-corrected chi connectivity index (χ2v) is 11.5. The summed E-state index contributed by atoms with van der Waals surface area (Å²) in [5, 5.41) is 4.26. The number of rotatable bonds is 12. The molecule has 0 bridgehead atoms. The van der Waals surface area contributed by atoms with E-state index in [4.69, 9.17) is 35.5 Å². The number of aromatic nitrogens is 3. The molecule has 0 saturated carbocycles. The van der Waals surface area contributed by atoms with E-state index in [1.165, 1.54) is 14.2 Å². The Labute approximate surface area is 261 Å². The number of amides is 1. The molecule has 0 spiro atoms. The molecule has 2 fully saturated rings. The number of carbonyl (C=O) groups excluding carboxylic acids is 1. The molecule has 4 heterocycles. The van der Waals surface area contributed by atoms with Crippen LogP contribution in [0.3, 0.4) is 0 Å². The molecule has 5 rings (SSSR count). The smallest absolute Gasteiger partial charge is 0.260 e. The van der Waals surface area contributed by atoms with Crippen molar-refractivity contribution in [3.63, 3.8) is 0 Å². The van der Waals surface area contributed by atoms with Crippen LogP contribution in [0.2, 0.25) is 5.02 Å². The van der Waals surface area contributed by atoms with Gasteiger partial charge in [0.2, 0.25) is 11.9 Å². The predicted molar refractivity (Wildman–Crippen MR) is 169 cm³/mol. The normalized spacial score (nSPS) is 18.5. The van der Waals surface area contributed by atoms with Crippen LogP contribution in [-0.2, 0) is 20.8 Å². The maximum Gasteiger partial charge on any atom is 0.260 e. The molecule has 3 aromatic rings. The Morgan fingerprint density at radius 1 is 1.20 bits per heavy atom. The van der Waals surface area contributed by atoms with Crippen molar-refractivity contribution < 1.29 is 23.7 Å². The van der Waals surface area contributed by atoms with E-state index < -0.39 is 0 Å². The fourth-order valence-electron chi connectivity index (χ4n) is 5.34. The summed E-state index contributed by atoms with van der Waals surface area (Å²) in [6.45, 7) is 3.56. The van der Waals surface area contributed by atoms with Crippen molar-refractivity contribution in [3.8, 4) is 22.6 Å². The minimum Gasteiger partial charge on any atom is -0.497 e. The van der Waals surface area contributed by atoms with Gasteiger partial charge in [-0.2, -0.15) is 4.98 Å². The summed E-state index contributed by atoms with van der Waals surface area (Å²) in [4.78, 5) is 39.7. The van der Waals surface area contributed by atoms with Crippen molar-refractivity contribution in [2.24, 2.45) is 0 Å². The van der Waals surface area contributed by atoms with Gasteiger partial charge in [0.05, 0.1) is 51.1 Å². The minimum atomic E-state index is -0.290. The summed E-state index contributed by atoms with van der Waals surface area (Å²) >= 11 is 6.70. The average molecular weight is 627 g/mol. The van der Waals surface area contributed by atoms with Crippen LogP contribution >= 0.6 is 11.6 Å². The molecule has 12 nitrogen and oxygen atoms in total. The van der Waals surface area contributed by atoms with Crippen LogP contribution in [0.25, 0.3) is 22.2 Å². The number of nitrogens with zero attached hydrogens (tertiary/aromatic N) is 5. The van der Waals surface area contributed by atoms with Gasteiger partial charge in [-0.05, 0) is 39.1 Å². The van der Waals surface area contributed by atoms with Crippen LogP contribution in [0.15, 0.2) is 41.3 Å². The first kappa shape index (κ1) is 31.7. The van der Waals surface area contributed by atoms with Crippen LogP contribution in [0, 0.1) is 0 Å². The number of anilines is 1. The molecule has 2 aliphatic rings. The van der Waals surface area contributed by atoms with E-state index in [9.17, 15) is 9.59 Å². The summed E-state index contributed by atoms with van der Waals surface area (Å²) in [6, 6.07) is 5.22. The molecule has 1 aromatic carbocycles. The van der Waals surface area contributed by atoms with Crippen LogP contribution in [0.4, 0.5) is 5.95 Å². The van der Waals surface area contributed by atoms with Crippen molar-refractivity contribution in [3.05, 3.63) is 51.9 Å². The summed E-state index contributed by atoms with van der Waals surface area (Å²) in [5.41, 5.74) is 1.01. The fraction of sp³-hybridized carbons (Fsp3) is 0.484. The lowest BCUT2D eigenvalue weighted by Crippen LogP contribution is -2.30. The van der Waals surface area contributed by atoms with Gasteiger partial charge in [0, 0.05) is 61.1 Å². The monoisotopic (exact) mass is 626 g/mol. The molecule has 1 amide bonds. The van der Waals surface area contributed by atoms with E-state index in [0.29, 0.717) is 77.5 Å². The highest BCUT2D eigenvalue weighted by molar-refractivity contribution is 6.35. The number of hydrogen-bond donors (Lipinski definition) is 1. The van der Waals surface area contributed by atoms with Crippen LogP contribution < -0.4 is 20.3 Å². The zero-order valence-corrected chi connectivity index (χ0v) is 26.3. The molecule has 13 heteroatoms. The zero-order valence-electron chi connectivity index (χ0n) is 25.5. The van der Waals surface area contributed by atoms with E-state index in [1.54, 1.807) is 39.9 Å². The molecule has 0 aliphatic carbocycles. The third-order valence-corrected chi connectivity index (χ3v) is 8.09. The maximum absolute atomic E-state index is 14.1. The van der Waals surface area contributed by atoms with Crippen molar-refractivity contribution >= 4 is 34.5 Å². The number of benzene rings is 1. The molecular weight excluding hydrogens is 588 g/mol. The summed E-state index contributed by atoms with van der Waals surface area (Å²) in [6.07, 6.45) is 6.61. The van der Waals surface area contributed by atoms with Gasteiger partial charge in [0.1, 0.15) is 17.1 Å².